The van der Waals surface area contributed by atoms with Gasteiger partial charge in [0.1, 0.15) is 11.4 Å². The molecule has 112 valence electrons. The molecule has 0 N–H and O–H groups in total. The summed E-state index contributed by atoms with van der Waals surface area (Å²) in [5.74, 6) is 0.765. The minimum absolute atomic E-state index is 0.330. The van der Waals surface area contributed by atoms with E-state index in [1.807, 2.05) is 32.0 Å². The number of benzene rings is 1. The molecule has 2 heterocycles. The molecule has 0 spiro atoms. The van der Waals surface area contributed by atoms with Crippen molar-refractivity contribution in [2.24, 2.45) is 0 Å². The van der Waals surface area contributed by atoms with Gasteiger partial charge < -0.3 is 14.8 Å². The summed E-state index contributed by atoms with van der Waals surface area (Å²) in [4.78, 5) is 2.15. The van der Waals surface area contributed by atoms with E-state index in [0.717, 1.165) is 21.7 Å². The number of ether oxygens (including phenoxy) is 1. The van der Waals surface area contributed by atoms with Gasteiger partial charge in [-0.1, -0.05) is 0 Å². The van der Waals surface area contributed by atoms with Crippen molar-refractivity contribution in [1.82, 2.24) is 0 Å². The summed E-state index contributed by atoms with van der Waals surface area (Å²) in [5.41, 5.74) is 2.07. The number of anilines is 1. The SMILES string of the molecule is CC1(C)CN(Cc2ccc[n+]([O-])c2)c2cc(C#N)ccc2O1. The van der Waals surface area contributed by atoms with Crippen LogP contribution in [0, 0.1) is 16.5 Å². The van der Waals surface area contributed by atoms with E-state index in [1.54, 1.807) is 18.3 Å². The molecule has 1 aliphatic heterocycles. The van der Waals surface area contributed by atoms with Crippen molar-refractivity contribution in [3.63, 3.8) is 0 Å². The Morgan fingerprint density at radius 3 is 2.95 bits per heavy atom. The molecule has 0 fully saturated rings. The van der Waals surface area contributed by atoms with Gasteiger partial charge in [-0.05, 0) is 38.1 Å². The molecule has 0 unspecified atom stereocenters. The maximum Gasteiger partial charge on any atom is 0.185 e. The average molecular weight is 295 g/mol. The van der Waals surface area contributed by atoms with Gasteiger partial charge in [-0.3, -0.25) is 0 Å². The molecule has 5 nitrogen and oxygen atoms in total. The highest BCUT2D eigenvalue weighted by molar-refractivity contribution is 5.63. The van der Waals surface area contributed by atoms with Crippen LogP contribution in [0.1, 0.15) is 25.0 Å². The summed E-state index contributed by atoms with van der Waals surface area (Å²) >= 11 is 0. The van der Waals surface area contributed by atoms with E-state index < -0.39 is 0 Å². The van der Waals surface area contributed by atoms with Gasteiger partial charge in [-0.15, -0.1) is 0 Å². The molecule has 0 amide bonds. The van der Waals surface area contributed by atoms with Gasteiger partial charge in [0.2, 0.25) is 0 Å². The van der Waals surface area contributed by atoms with E-state index in [0.29, 0.717) is 18.7 Å². The number of fused-ring (bicyclic) bond motifs is 1. The number of nitriles is 1. The lowest BCUT2D eigenvalue weighted by Gasteiger charge is -2.40. The summed E-state index contributed by atoms with van der Waals surface area (Å²) in [5, 5.41) is 20.5. The van der Waals surface area contributed by atoms with Gasteiger partial charge in [-0.2, -0.15) is 9.99 Å². The Morgan fingerprint density at radius 2 is 2.23 bits per heavy atom. The van der Waals surface area contributed by atoms with Crippen LogP contribution < -0.4 is 14.4 Å². The predicted molar refractivity (Wildman–Crippen MR) is 82.3 cm³/mol. The van der Waals surface area contributed by atoms with Crippen LogP contribution in [0.5, 0.6) is 5.75 Å². The molecular weight excluding hydrogens is 278 g/mol. The molecule has 0 aliphatic carbocycles. The first-order chi connectivity index (χ1) is 10.5. The van der Waals surface area contributed by atoms with Crippen molar-refractivity contribution in [1.29, 1.82) is 5.26 Å². The van der Waals surface area contributed by atoms with Crippen molar-refractivity contribution in [3.8, 4) is 11.8 Å². The first kappa shape index (κ1) is 14.2. The lowest BCUT2D eigenvalue weighted by Crippen LogP contribution is -2.46. The van der Waals surface area contributed by atoms with Crippen LogP contribution in [0.2, 0.25) is 0 Å². The standard InChI is InChI=1S/C17H17N3O2/c1-17(2)12-19(10-14-4-3-7-20(21)11-14)15-8-13(9-18)5-6-16(15)22-17/h3-8,11H,10,12H2,1-2H3. The number of hydrogen-bond acceptors (Lipinski definition) is 4. The smallest absolute Gasteiger partial charge is 0.185 e. The normalized spacial score (nSPS) is 15.6. The molecule has 1 aliphatic rings. The van der Waals surface area contributed by atoms with Gasteiger partial charge >= 0.3 is 0 Å². The quantitative estimate of drug-likeness (QED) is 0.630. The van der Waals surface area contributed by atoms with Crippen LogP contribution >= 0.6 is 0 Å². The minimum atomic E-state index is -0.330. The zero-order valence-corrected chi connectivity index (χ0v) is 12.6. The second kappa shape index (κ2) is 5.23. The van der Waals surface area contributed by atoms with E-state index in [4.69, 9.17) is 10.00 Å². The first-order valence-corrected chi connectivity index (χ1v) is 7.13. The van der Waals surface area contributed by atoms with Crippen molar-refractivity contribution in [2.45, 2.75) is 26.0 Å². The van der Waals surface area contributed by atoms with Crippen LogP contribution in [-0.4, -0.2) is 12.1 Å². The Kier molecular flexibility index (Phi) is 3.38. The van der Waals surface area contributed by atoms with Crippen molar-refractivity contribution >= 4 is 5.69 Å². The van der Waals surface area contributed by atoms with Gasteiger partial charge in [0.15, 0.2) is 12.4 Å². The molecular formula is C17H17N3O2. The van der Waals surface area contributed by atoms with Crippen LogP contribution in [0.25, 0.3) is 0 Å². The molecule has 2 aromatic rings. The molecule has 0 radical (unpaired) electrons. The zero-order chi connectivity index (χ0) is 15.7. The largest absolute Gasteiger partial charge is 0.619 e. The van der Waals surface area contributed by atoms with Gasteiger partial charge in [-0.25, -0.2) is 0 Å². The molecule has 0 bridgehead atoms. The molecule has 5 heteroatoms. The summed E-state index contributed by atoms with van der Waals surface area (Å²) in [7, 11) is 0. The van der Waals surface area contributed by atoms with Gasteiger partial charge in [0.25, 0.3) is 0 Å². The summed E-state index contributed by atoms with van der Waals surface area (Å²) in [6, 6.07) is 11.2. The maximum atomic E-state index is 11.4. The van der Waals surface area contributed by atoms with E-state index in [1.165, 1.54) is 6.20 Å². The van der Waals surface area contributed by atoms with Crippen LogP contribution in [0.3, 0.4) is 0 Å². The highest BCUT2D eigenvalue weighted by Crippen LogP contribution is 2.38. The van der Waals surface area contributed by atoms with Crippen molar-refractivity contribution < 1.29 is 9.47 Å². The topological polar surface area (TPSA) is 63.2 Å². The Labute approximate surface area is 129 Å². The molecule has 3 rings (SSSR count). The molecule has 1 aromatic carbocycles. The van der Waals surface area contributed by atoms with Gasteiger partial charge in [0, 0.05) is 18.2 Å². The number of rotatable bonds is 2. The summed E-state index contributed by atoms with van der Waals surface area (Å²) < 4.78 is 6.79. The minimum Gasteiger partial charge on any atom is -0.619 e. The molecule has 0 atom stereocenters. The Balaban J connectivity index is 1.98. The number of aromatic nitrogens is 1. The van der Waals surface area contributed by atoms with E-state index in [-0.39, 0.29) is 5.60 Å². The number of nitrogens with zero attached hydrogens (tertiary/aromatic N) is 3. The third kappa shape index (κ3) is 2.82. The lowest BCUT2D eigenvalue weighted by molar-refractivity contribution is -0.605. The lowest BCUT2D eigenvalue weighted by atomic mass is 10.0. The Morgan fingerprint density at radius 1 is 1.41 bits per heavy atom. The third-order valence-corrected chi connectivity index (χ3v) is 3.60. The summed E-state index contributed by atoms with van der Waals surface area (Å²) in [6.07, 6.45) is 3.03. The fourth-order valence-corrected chi connectivity index (χ4v) is 2.75. The fraction of sp³-hybridized carbons (Fsp3) is 0.294. The Hall–Kier alpha value is -2.74. The maximum absolute atomic E-state index is 11.4. The van der Waals surface area contributed by atoms with Gasteiger partial charge in [0.05, 0.1) is 23.9 Å². The van der Waals surface area contributed by atoms with Crippen molar-refractivity contribution in [2.75, 3.05) is 11.4 Å². The predicted octanol–water partition coefficient (Wildman–Crippen LogP) is 2.37. The molecule has 1 aromatic heterocycles. The van der Waals surface area contributed by atoms with Crippen LogP contribution in [0.4, 0.5) is 5.69 Å². The van der Waals surface area contributed by atoms with Crippen LogP contribution in [0.15, 0.2) is 42.7 Å². The highest BCUT2D eigenvalue weighted by Gasteiger charge is 2.32. The first-order valence-electron chi connectivity index (χ1n) is 7.13. The average Bonchev–Trinajstić information content (AvgIpc) is 2.46. The molecule has 0 saturated heterocycles. The second-order valence-electron chi connectivity index (χ2n) is 6.08. The van der Waals surface area contributed by atoms with Crippen LogP contribution in [-0.2, 0) is 6.54 Å². The molecule has 22 heavy (non-hydrogen) atoms. The second-order valence-corrected chi connectivity index (χ2v) is 6.08. The Bertz CT molecular complexity index is 750. The van der Waals surface area contributed by atoms with Crippen molar-refractivity contribution in [3.05, 3.63) is 59.1 Å². The number of pyridine rings is 1. The van der Waals surface area contributed by atoms with E-state index in [9.17, 15) is 5.21 Å². The summed E-state index contributed by atoms with van der Waals surface area (Å²) in [6.45, 7) is 5.33. The highest BCUT2D eigenvalue weighted by atomic mass is 16.5. The fourth-order valence-electron chi connectivity index (χ4n) is 2.75. The van der Waals surface area contributed by atoms with E-state index >= 15 is 0 Å². The third-order valence-electron chi connectivity index (χ3n) is 3.60. The number of hydrogen-bond donors (Lipinski definition) is 0. The molecule has 0 saturated carbocycles. The zero-order valence-electron chi connectivity index (χ0n) is 12.6. The monoisotopic (exact) mass is 295 g/mol. The van der Waals surface area contributed by atoms with E-state index in [2.05, 4.69) is 11.0 Å².